The molecule has 1 aliphatic heterocycles. The maximum Gasteiger partial charge on any atom is 0.235 e. The van der Waals surface area contributed by atoms with Crippen LogP contribution in [0.3, 0.4) is 0 Å². The number of rotatable bonds is 4. The molecule has 0 aromatic heterocycles. The Kier molecular flexibility index (Phi) is 3.26. The van der Waals surface area contributed by atoms with Gasteiger partial charge in [-0.05, 0) is 19.4 Å². The first-order chi connectivity index (χ1) is 6.55. The van der Waals surface area contributed by atoms with Crippen molar-refractivity contribution in [1.29, 1.82) is 0 Å². The number of imide groups is 1. The van der Waals surface area contributed by atoms with Crippen LogP contribution in [-0.2, 0) is 9.59 Å². The second kappa shape index (κ2) is 4.09. The molecule has 4 heteroatoms. The minimum atomic E-state index is -0.467. The van der Waals surface area contributed by atoms with E-state index in [1.807, 2.05) is 13.8 Å². The molecule has 2 amide bonds. The lowest BCUT2D eigenvalue weighted by Crippen LogP contribution is -2.35. The molecule has 0 aliphatic carbocycles. The van der Waals surface area contributed by atoms with Gasteiger partial charge in [-0.2, -0.15) is 0 Å². The Bertz CT molecular complexity index is 253. The van der Waals surface area contributed by atoms with E-state index in [9.17, 15) is 9.59 Å². The molecule has 0 radical (unpaired) electrons. The number of likely N-dealkylation sites (tertiary alicyclic amines) is 1. The molecular formula is C10H18N2O2. The van der Waals surface area contributed by atoms with Crippen LogP contribution in [0.25, 0.3) is 0 Å². The quantitative estimate of drug-likeness (QED) is 0.669. The molecule has 80 valence electrons. The zero-order valence-corrected chi connectivity index (χ0v) is 8.88. The predicted molar refractivity (Wildman–Crippen MR) is 53.4 cm³/mol. The van der Waals surface area contributed by atoms with Crippen LogP contribution >= 0.6 is 0 Å². The van der Waals surface area contributed by atoms with Crippen molar-refractivity contribution < 1.29 is 9.59 Å². The number of hydrogen-bond acceptors (Lipinski definition) is 3. The molecule has 0 spiro atoms. The number of carbonyl (C=O) groups excluding carboxylic acids is 2. The lowest BCUT2D eigenvalue weighted by atomic mass is 9.86. The molecule has 0 saturated carbocycles. The number of amides is 2. The third-order valence-electron chi connectivity index (χ3n) is 2.97. The Morgan fingerprint density at radius 1 is 1.50 bits per heavy atom. The van der Waals surface area contributed by atoms with Crippen molar-refractivity contribution in [2.24, 2.45) is 11.1 Å². The number of nitrogens with zero attached hydrogens (tertiary/aromatic N) is 1. The third kappa shape index (κ3) is 1.80. The summed E-state index contributed by atoms with van der Waals surface area (Å²) in [5.41, 5.74) is 4.88. The molecule has 1 atom stereocenters. The van der Waals surface area contributed by atoms with Gasteiger partial charge in [-0.3, -0.25) is 14.5 Å². The van der Waals surface area contributed by atoms with Crippen molar-refractivity contribution in [3.05, 3.63) is 0 Å². The Hall–Kier alpha value is -0.900. The van der Waals surface area contributed by atoms with Crippen LogP contribution in [0.5, 0.6) is 0 Å². The second-order valence-electron chi connectivity index (χ2n) is 4.08. The van der Waals surface area contributed by atoms with Gasteiger partial charge < -0.3 is 5.73 Å². The van der Waals surface area contributed by atoms with Crippen molar-refractivity contribution in [3.63, 3.8) is 0 Å². The van der Waals surface area contributed by atoms with Gasteiger partial charge in [-0.1, -0.05) is 13.8 Å². The molecular weight excluding hydrogens is 180 g/mol. The molecule has 1 saturated heterocycles. The summed E-state index contributed by atoms with van der Waals surface area (Å²) in [4.78, 5) is 24.7. The van der Waals surface area contributed by atoms with Crippen LogP contribution in [-0.4, -0.2) is 29.8 Å². The average molecular weight is 198 g/mol. The summed E-state index contributed by atoms with van der Waals surface area (Å²) in [5, 5.41) is 0. The predicted octanol–water partition coefficient (Wildman–Crippen LogP) is 0.510. The Labute approximate surface area is 84.4 Å². The third-order valence-corrected chi connectivity index (χ3v) is 2.97. The van der Waals surface area contributed by atoms with E-state index in [4.69, 9.17) is 5.73 Å². The van der Waals surface area contributed by atoms with Crippen molar-refractivity contribution in [2.45, 2.75) is 33.1 Å². The highest BCUT2D eigenvalue weighted by Crippen LogP contribution is 2.35. The summed E-state index contributed by atoms with van der Waals surface area (Å²) in [7, 11) is 0. The fourth-order valence-electron chi connectivity index (χ4n) is 1.70. The van der Waals surface area contributed by atoms with E-state index < -0.39 is 5.41 Å². The van der Waals surface area contributed by atoms with Crippen LogP contribution in [0.2, 0.25) is 0 Å². The zero-order chi connectivity index (χ0) is 10.8. The van der Waals surface area contributed by atoms with E-state index in [1.54, 1.807) is 0 Å². The van der Waals surface area contributed by atoms with E-state index in [0.29, 0.717) is 25.9 Å². The van der Waals surface area contributed by atoms with Gasteiger partial charge >= 0.3 is 0 Å². The van der Waals surface area contributed by atoms with Crippen LogP contribution in [0.15, 0.2) is 0 Å². The number of carbonyl (C=O) groups is 2. The maximum absolute atomic E-state index is 11.8. The summed E-state index contributed by atoms with van der Waals surface area (Å²) in [6, 6.07) is 0. The molecule has 2 N–H and O–H groups in total. The molecule has 1 unspecified atom stereocenters. The van der Waals surface area contributed by atoms with Gasteiger partial charge in [0.15, 0.2) is 0 Å². The molecule has 4 nitrogen and oxygen atoms in total. The topological polar surface area (TPSA) is 63.4 Å². The molecule has 1 aliphatic rings. The van der Waals surface area contributed by atoms with E-state index in [-0.39, 0.29) is 11.8 Å². The van der Waals surface area contributed by atoms with Gasteiger partial charge in [0, 0.05) is 13.0 Å². The first kappa shape index (κ1) is 11.2. The largest absolute Gasteiger partial charge is 0.330 e. The minimum Gasteiger partial charge on any atom is -0.330 e. The Morgan fingerprint density at radius 3 is 2.57 bits per heavy atom. The fourth-order valence-corrected chi connectivity index (χ4v) is 1.70. The summed E-state index contributed by atoms with van der Waals surface area (Å²) in [5.74, 6) is -0.0775. The molecule has 0 aromatic carbocycles. The van der Waals surface area contributed by atoms with Gasteiger partial charge in [-0.25, -0.2) is 0 Å². The number of hydrogen-bond donors (Lipinski definition) is 1. The van der Waals surface area contributed by atoms with Crippen LogP contribution in [0.1, 0.15) is 33.1 Å². The molecule has 1 heterocycles. The van der Waals surface area contributed by atoms with Gasteiger partial charge in [0.05, 0.1) is 5.41 Å². The van der Waals surface area contributed by atoms with Crippen molar-refractivity contribution in [1.82, 2.24) is 4.90 Å². The maximum atomic E-state index is 11.8. The van der Waals surface area contributed by atoms with Gasteiger partial charge in [0.25, 0.3) is 0 Å². The minimum absolute atomic E-state index is 0.0292. The summed E-state index contributed by atoms with van der Waals surface area (Å²) in [6.07, 6.45) is 1.76. The highest BCUT2D eigenvalue weighted by Gasteiger charge is 2.46. The van der Waals surface area contributed by atoms with Crippen LogP contribution in [0.4, 0.5) is 0 Å². The highest BCUT2D eigenvalue weighted by molar-refractivity contribution is 6.05. The van der Waals surface area contributed by atoms with E-state index in [1.165, 1.54) is 4.90 Å². The average Bonchev–Trinajstić information content (AvgIpc) is 2.37. The summed E-state index contributed by atoms with van der Waals surface area (Å²) < 4.78 is 0. The lowest BCUT2D eigenvalue weighted by Gasteiger charge is -2.19. The fraction of sp³-hybridized carbons (Fsp3) is 0.800. The highest BCUT2D eigenvalue weighted by atomic mass is 16.2. The van der Waals surface area contributed by atoms with E-state index >= 15 is 0 Å². The summed E-state index contributed by atoms with van der Waals surface area (Å²) >= 11 is 0. The van der Waals surface area contributed by atoms with Crippen LogP contribution in [0, 0.1) is 5.41 Å². The van der Waals surface area contributed by atoms with Gasteiger partial charge in [0.1, 0.15) is 0 Å². The van der Waals surface area contributed by atoms with Crippen LogP contribution < -0.4 is 5.73 Å². The smallest absolute Gasteiger partial charge is 0.235 e. The van der Waals surface area contributed by atoms with Crippen molar-refractivity contribution >= 4 is 11.8 Å². The second-order valence-corrected chi connectivity index (χ2v) is 4.08. The Morgan fingerprint density at radius 2 is 2.14 bits per heavy atom. The van der Waals surface area contributed by atoms with Crippen molar-refractivity contribution in [3.8, 4) is 0 Å². The monoisotopic (exact) mass is 198 g/mol. The standard InChI is InChI=1S/C10H18N2O2/c1-3-10(2)7-8(13)12(9(10)14)6-4-5-11/h3-7,11H2,1-2H3. The number of nitrogens with two attached hydrogens (primary N) is 1. The van der Waals surface area contributed by atoms with E-state index in [2.05, 4.69) is 0 Å². The first-order valence-corrected chi connectivity index (χ1v) is 5.10. The molecule has 1 fully saturated rings. The van der Waals surface area contributed by atoms with Gasteiger partial charge in [0.2, 0.25) is 11.8 Å². The molecule has 0 aromatic rings. The van der Waals surface area contributed by atoms with Gasteiger partial charge in [-0.15, -0.1) is 0 Å². The SMILES string of the molecule is CCC1(C)CC(=O)N(CCCN)C1=O. The lowest BCUT2D eigenvalue weighted by molar-refractivity contribution is -0.141. The summed E-state index contributed by atoms with van der Waals surface area (Å²) in [6.45, 7) is 4.79. The Balaban J connectivity index is 2.70. The zero-order valence-electron chi connectivity index (χ0n) is 8.88. The first-order valence-electron chi connectivity index (χ1n) is 5.10. The molecule has 0 bridgehead atoms. The van der Waals surface area contributed by atoms with E-state index in [0.717, 1.165) is 6.42 Å². The normalized spacial score (nSPS) is 27.5. The molecule has 14 heavy (non-hydrogen) atoms. The van der Waals surface area contributed by atoms with Crippen molar-refractivity contribution in [2.75, 3.05) is 13.1 Å². The molecule has 1 rings (SSSR count).